The summed E-state index contributed by atoms with van der Waals surface area (Å²) in [5.41, 5.74) is 0.980. The highest BCUT2D eigenvalue weighted by molar-refractivity contribution is 5.69. The molecule has 3 nitrogen and oxygen atoms in total. The first-order chi connectivity index (χ1) is 18.7. The fourth-order valence-corrected chi connectivity index (χ4v) is 5.04. The maximum absolute atomic E-state index is 11.8. The predicted octanol–water partition coefficient (Wildman–Crippen LogP) is 11.3. The van der Waals surface area contributed by atoms with Gasteiger partial charge in [-0.1, -0.05) is 166 Å². The molecule has 1 aromatic carbocycles. The number of hydrogen-bond donors (Lipinski definition) is 1. The maximum Gasteiger partial charge on any atom is 0.306 e. The molecule has 0 aliphatic heterocycles. The largest absolute Gasteiger partial charge is 0.508 e. The minimum absolute atomic E-state index is 0.108. The maximum atomic E-state index is 11.8. The van der Waals surface area contributed by atoms with Crippen molar-refractivity contribution in [2.75, 3.05) is 6.61 Å². The lowest BCUT2D eigenvalue weighted by Gasteiger charge is -2.04. The van der Waals surface area contributed by atoms with E-state index in [4.69, 9.17) is 4.74 Å². The Kier molecular flexibility index (Phi) is 24.2. The van der Waals surface area contributed by atoms with Crippen molar-refractivity contribution in [2.45, 2.75) is 161 Å². The first-order valence-electron chi connectivity index (χ1n) is 16.3. The first-order valence-corrected chi connectivity index (χ1v) is 16.3. The molecule has 3 heteroatoms. The second-order valence-corrected chi connectivity index (χ2v) is 11.2. The summed E-state index contributed by atoms with van der Waals surface area (Å²) in [5.74, 6) is 0.146. The topological polar surface area (TPSA) is 46.5 Å². The molecule has 0 saturated carbocycles. The minimum atomic E-state index is -0.108. The summed E-state index contributed by atoms with van der Waals surface area (Å²) in [6, 6.07) is 6.95. The van der Waals surface area contributed by atoms with Crippen LogP contribution < -0.4 is 0 Å². The number of aromatic hydroxyl groups is 1. The molecule has 38 heavy (non-hydrogen) atoms. The highest BCUT2D eigenvalue weighted by atomic mass is 16.5. The molecule has 0 bridgehead atoms. The summed E-state index contributed by atoms with van der Waals surface area (Å²) >= 11 is 0. The summed E-state index contributed by atoms with van der Waals surface area (Å²) < 4.78 is 5.26. The Bertz CT molecular complexity index is 664. The molecule has 218 valence electrons. The summed E-state index contributed by atoms with van der Waals surface area (Å²) in [5, 5.41) is 9.28. The summed E-state index contributed by atoms with van der Waals surface area (Å²) in [6.45, 7) is 2.60. The van der Waals surface area contributed by atoms with Gasteiger partial charge in [0.05, 0.1) is 0 Å². The Hall–Kier alpha value is -1.77. The van der Waals surface area contributed by atoms with Crippen LogP contribution in [0, 0.1) is 0 Å². The number of phenolic OH excluding ortho intramolecular Hbond substituents is 1. The Labute approximate surface area is 235 Å². The zero-order chi connectivity index (χ0) is 27.4. The molecule has 0 amide bonds. The number of ether oxygens (including phenoxy) is 1. The third kappa shape index (κ3) is 23.4. The molecule has 1 rings (SSSR count). The van der Waals surface area contributed by atoms with Gasteiger partial charge in [0.25, 0.3) is 0 Å². The van der Waals surface area contributed by atoms with Crippen molar-refractivity contribution in [2.24, 2.45) is 0 Å². The molecular weight excluding hydrogens is 468 g/mol. The van der Waals surface area contributed by atoms with Gasteiger partial charge in [-0.15, -0.1) is 0 Å². The summed E-state index contributed by atoms with van der Waals surface area (Å²) in [7, 11) is 0. The van der Waals surface area contributed by atoms with E-state index in [1.807, 2.05) is 24.3 Å². The van der Waals surface area contributed by atoms with Crippen LogP contribution in [0.15, 0.2) is 30.3 Å². The lowest BCUT2D eigenvalue weighted by atomic mass is 10.0. The number of hydrogen-bond acceptors (Lipinski definition) is 3. The fourth-order valence-electron chi connectivity index (χ4n) is 5.04. The molecule has 1 aromatic rings. The Morgan fingerprint density at radius 3 is 1.37 bits per heavy atom. The normalized spacial score (nSPS) is 11.4. The quantitative estimate of drug-likeness (QED) is 0.0912. The third-order valence-corrected chi connectivity index (χ3v) is 7.53. The number of carbonyl (C=O) groups is 1. The predicted molar refractivity (Wildman–Crippen MR) is 165 cm³/mol. The van der Waals surface area contributed by atoms with Crippen molar-refractivity contribution in [1.82, 2.24) is 0 Å². The van der Waals surface area contributed by atoms with E-state index in [-0.39, 0.29) is 11.7 Å². The van der Waals surface area contributed by atoms with Gasteiger partial charge < -0.3 is 9.84 Å². The highest BCUT2D eigenvalue weighted by Crippen LogP contribution is 2.16. The van der Waals surface area contributed by atoms with Gasteiger partial charge in [-0.3, -0.25) is 4.79 Å². The van der Waals surface area contributed by atoms with E-state index in [2.05, 4.69) is 6.92 Å². The van der Waals surface area contributed by atoms with Crippen molar-refractivity contribution in [3.05, 3.63) is 35.9 Å². The zero-order valence-electron chi connectivity index (χ0n) is 24.9. The van der Waals surface area contributed by atoms with Gasteiger partial charge in [0.1, 0.15) is 12.4 Å². The number of carbonyl (C=O) groups excluding carboxylic acids is 1. The van der Waals surface area contributed by atoms with Gasteiger partial charge in [-0.25, -0.2) is 0 Å². The average Bonchev–Trinajstić information content (AvgIpc) is 2.92. The molecule has 0 aliphatic carbocycles. The van der Waals surface area contributed by atoms with E-state index in [9.17, 15) is 9.90 Å². The zero-order valence-corrected chi connectivity index (χ0v) is 24.9. The molecule has 1 N–H and O–H groups in total. The molecule has 0 spiro atoms. The van der Waals surface area contributed by atoms with Crippen LogP contribution in [0.3, 0.4) is 0 Å². The van der Waals surface area contributed by atoms with Crippen LogP contribution in [0.4, 0.5) is 0 Å². The minimum Gasteiger partial charge on any atom is -0.508 e. The second kappa shape index (κ2) is 26.8. The first kappa shape index (κ1) is 34.3. The highest BCUT2D eigenvalue weighted by Gasteiger charge is 2.01. The average molecular weight is 529 g/mol. The van der Waals surface area contributed by atoms with Crippen molar-refractivity contribution < 1.29 is 14.6 Å². The van der Waals surface area contributed by atoms with Gasteiger partial charge >= 0.3 is 5.97 Å². The molecular formula is C35H60O3. The monoisotopic (exact) mass is 528 g/mol. The van der Waals surface area contributed by atoms with Gasteiger partial charge in [0.15, 0.2) is 0 Å². The van der Waals surface area contributed by atoms with Crippen LogP contribution in [0.5, 0.6) is 5.75 Å². The molecule has 0 unspecified atom stereocenters. The van der Waals surface area contributed by atoms with Gasteiger partial charge in [0, 0.05) is 6.42 Å². The number of rotatable bonds is 27. The van der Waals surface area contributed by atoms with Crippen molar-refractivity contribution in [3.63, 3.8) is 0 Å². The Morgan fingerprint density at radius 2 is 0.974 bits per heavy atom. The molecule has 0 aliphatic rings. The van der Waals surface area contributed by atoms with E-state index in [1.54, 1.807) is 12.1 Å². The second-order valence-electron chi connectivity index (χ2n) is 11.2. The lowest BCUT2D eigenvalue weighted by Crippen LogP contribution is -2.03. The van der Waals surface area contributed by atoms with E-state index in [0.29, 0.717) is 13.0 Å². The standard InChI is InChI=1S/C35H60O3/c1-2-3-4-5-6-7-8-9-10-11-12-13-14-15-16-17-18-19-20-21-22-23-24-27-35(37)38-32-25-26-33-28-30-34(36)31-29-33/h25-26,28-31,36H,2-24,27,32H2,1H3/b26-25+. The lowest BCUT2D eigenvalue weighted by molar-refractivity contribution is -0.142. The molecule has 0 heterocycles. The van der Waals surface area contributed by atoms with Crippen molar-refractivity contribution >= 4 is 12.0 Å². The molecule has 0 saturated heterocycles. The number of esters is 1. The van der Waals surface area contributed by atoms with Crippen LogP contribution >= 0.6 is 0 Å². The van der Waals surface area contributed by atoms with Crippen LogP contribution in [-0.4, -0.2) is 17.7 Å². The van der Waals surface area contributed by atoms with Crippen LogP contribution in [0.25, 0.3) is 6.08 Å². The third-order valence-electron chi connectivity index (χ3n) is 7.53. The van der Waals surface area contributed by atoms with Gasteiger partial charge in [-0.2, -0.15) is 0 Å². The van der Waals surface area contributed by atoms with E-state index in [1.165, 1.54) is 135 Å². The van der Waals surface area contributed by atoms with Gasteiger partial charge in [-0.05, 0) is 30.2 Å². The Morgan fingerprint density at radius 1 is 0.605 bits per heavy atom. The van der Waals surface area contributed by atoms with Crippen molar-refractivity contribution in [3.8, 4) is 5.75 Å². The Balaban J connectivity index is 1.72. The van der Waals surface area contributed by atoms with Crippen molar-refractivity contribution in [1.29, 1.82) is 0 Å². The molecule has 0 fully saturated rings. The molecule has 0 atom stereocenters. The molecule has 0 radical (unpaired) electrons. The SMILES string of the molecule is CCCCCCCCCCCCCCCCCCCCCCCCCC(=O)OC/C=C/c1ccc(O)cc1. The number of benzene rings is 1. The van der Waals surface area contributed by atoms with Crippen LogP contribution in [0.1, 0.15) is 167 Å². The smallest absolute Gasteiger partial charge is 0.306 e. The fraction of sp³-hybridized carbons (Fsp3) is 0.743. The summed E-state index contributed by atoms with van der Waals surface area (Å²) in [4.78, 5) is 11.8. The van der Waals surface area contributed by atoms with Crippen LogP contribution in [-0.2, 0) is 9.53 Å². The van der Waals surface area contributed by atoms with Crippen LogP contribution in [0.2, 0.25) is 0 Å². The van der Waals surface area contributed by atoms with E-state index < -0.39 is 0 Å². The number of unbranched alkanes of at least 4 members (excludes halogenated alkanes) is 22. The molecule has 0 aromatic heterocycles. The summed E-state index contributed by atoms with van der Waals surface area (Å²) in [6.07, 6.45) is 36.0. The van der Waals surface area contributed by atoms with E-state index in [0.717, 1.165) is 18.4 Å². The number of phenols is 1. The van der Waals surface area contributed by atoms with Gasteiger partial charge in [0.2, 0.25) is 0 Å². The van der Waals surface area contributed by atoms with E-state index >= 15 is 0 Å².